The Bertz CT molecular complexity index is 929. The molecule has 1 fully saturated rings. The third-order valence-corrected chi connectivity index (χ3v) is 6.85. The number of halogens is 3. The monoisotopic (exact) mass is 423 g/mol. The molecule has 1 aliphatic carbocycles. The number of amides is 1. The van der Waals surface area contributed by atoms with E-state index < -0.39 is 17.5 Å². The molecule has 3 nitrogen and oxygen atoms in total. The van der Waals surface area contributed by atoms with Gasteiger partial charge in [-0.15, -0.1) is 11.8 Å². The average Bonchev–Trinajstić information content (AvgIpc) is 2.62. The van der Waals surface area contributed by atoms with Gasteiger partial charge < -0.3 is 5.32 Å². The highest BCUT2D eigenvalue weighted by molar-refractivity contribution is 8.00. The van der Waals surface area contributed by atoms with Crippen molar-refractivity contribution in [3.8, 4) is 0 Å². The number of thioether (sulfide) groups is 1. The largest absolute Gasteiger partial charge is 0.322 e. The maximum atomic E-state index is 14.2. The molecule has 1 saturated carbocycles. The lowest BCUT2D eigenvalue weighted by Crippen LogP contribution is -2.44. The maximum Gasteiger partial charge on any atom is 0.255 e. The lowest BCUT2D eigenvalue weighted by atomic mass is 9.64. The van der Waals surface area contributed by atoms with Crippen molar-refractivity contribution in [3.05, 3.63) is 58.6 Å². The molecule has 2 aromatic carbocycles. The summed E-state index contributed by atoms with van der Waals surface area (Å²) < 4.78 is 27.5. The molecule has 0 radical (unpaired) electrons. The van der Waals surface area contributed by atoms with Gasteiger partial charge in [0, 0.05) is 26.8 Å². The van der Waals surface area contributed by atoms with Gasteiger partial charge in [-0.3, -0.25) is 9.59 Å². The second kappa shape index (κ2) is 8.21. The Balaban J connectivity index is 1.70. The second-order valence-corrected chi connectivity index (χ2v) is 8.82. The average molecular weight is 424 g/mol. The Morgan fingerprint density at radius 2 is 1.86 bits per heavy atom. The standard InChI is InChI=1S/C21H20ClF2NO2S/c1-3-21(12(2)26)10-15(11-21)28-19-8-13(4-6-18(19)24)20(27)25-14-5-7-17(23)16(22)9-14/h4-9,15H,3,10-11H2,1-2H3,(H,25,27). The molecule has 1 amide bonds. The number of anilines is 1. The molecule has 0 aliphatic heterocycles. The smallest absolute Gasteiger partial charge is 0.255 e. The van der Waals surface area contributed by atoms with Gasteiger partial charge in [0.1, 0.15) is 17.4 Å². The molecule has 0 unspecified atom stereocenters. The number of benzene rings is 2. The zero-order chi connectivity index (χ0) is 20.5. The van der Waals surface area contributed by atoms with E-state index in [1.165, 1.54) is 42.1 Å². The molecule has 1 aliphatic rings. The Kier molecular flexibility index (Phi) is 6.10. The van der Waals surface area contributed by atoms with Gasteiger partial charge in [0.05, 0.1) is 5.02 Å². The number of hydrogen-bond donors (Lipinski definition) is 1. The minimum atomic E-state index is -0.575. The summed E-state index contributed by atoms with van der Waals surface area (Å²) in [5, 5.41) is 2.68. The van der Waals surface area contributed by atoms with Gasteiger partial charge in [0.25, 0.3) is 5.91 Å². The second-order valence-electron chi connectivity index (χ2n) is 7.07. The van der Waals surface area contributed by atoms with Crippen molar-refractivity contribution in [3.63, 3.8) is 0 Å². The van der Waals surface area contributed by atoms with Gasteiger partial charge in [-0.05, 0) is 62.6 Å². The number of ketones is 1. The number of Topliss-reactive ketones (excluding diaryl/α,β-unsaturated/α-hetero) is 1. The van der Waals surface area contributed by atoms with Crippen LogP contribution < -0.4 is 5.32 Å². The summed E-state index contributed by atoms with van der Waals surface area (Å²) in [4.78, 5) is 24.7. The number of rotatable bonds is 6. The van der Waals surface area contributed by atoms with Crippen LogP contribution in [0.5, 0.6) is 0 Å². The molecular formula is C21H20ClF2NO2S. The molecule has 0 heterocycles. The Labute approximate surface area is 171 Å². The van der Waals surface area contributed by atoms with E-state index in [0.29, 0.717) is 23.4 Å². The Hall–Kier alpha value is -1.92. The summed E-state index contributed by atoms with van der Waals surface area (Å²) in [6.45, 7) is 3.60. The first kappa shape index (κ1) is 20.8. The highest BCUT2D eigenvalue weighted by Crippen LogP contribution is 2.52. The van der Waals surface area contributed by atoms with E-state index in [9.17, 15) is 18.4 Å². The molecule has 0 bridgehead atoms. The maximum absolute atomic E-state index is 14.2. The van der Waals surface area contributed by atoms with Crippen LogP contribution in [0.25, 0.3) is 0 Å². The van der Waals surface area contributed by atoms with Crippen LogP contribution in [0.15, 0.2) is 41.3 Å². The molecule has 0 spiro atoms. The first-order valence-electron chi connectivity index (χ1n) is 8.98. The Morgan fingerprint density at radius 1 is 1.18 bits per heavy atom. The summed E-state index contributed by atoms with van der Waals surface area (Å²) >= 11 is 7.08. The normalized spacial score (nSPS) is 21.1. The molecule has 7 heteroatoms. The van der Waals surface area contributed by atoms with Crippen molar-refractivity contribution in [1.29, 1.82) is 0 Å². The highest BCUT2D eigenvalue weighted by Gasteiger charge is 2.46. The van der Waals surface area contributed by atoms with Gasteiger partial charge in [0.15, 0.2) is 0 Å². The topological polar surface area (TPSA) is 46.2 Å². The van der Waals surface area contributed by atoms with Gasteiger partial charge in [-0.2, -0.15) is 0 Å². The van der Waals surface area contributed by atoms with Crippen molar-refractivity contribution < 1.29 is 18.4 Å². The fourth-order valence-electron chi connectivity index (χ4n) is 3.41. The highest BCUT2D eigenvalue weighted by atomic mass is 35.5. The summed E-state index contributed by atoms with van der Waals surface area (Å²) in [5.74, 6) is -1.24. The fraction of sp³-hybridized carbons (Fsp3) is 0.333. The number of carbonyl (C=O) groups is 2. The van der Waals surface area contributed by atoms with E-state index in [2.05, 4.69) is 5.32 Å². The van der Waals surface area contributed by atoms with Crippen LogP contribution in [0.4, 0.5) is 14.5 Å². The van der Waals surface area contributed by atoms with Crippen molar-refractivity contribution in [1.82, 2.24) is 0 Å². The third kappa shape index (κ3) is 4.23. The quantitative estimate of drug-likeness (QED) is 0.609. The minimum absolute atomic E-state index is 0.0944. The van der Waals surface area contributed by atoms with E-state index in [1.54, 1.807) is 6.92 Å². The first-order chi connectivity index (χ1) is 13.2. The lowest BCUT2D eigenvalue weighted by molar-refractivity contribution is -0.131. The molecule has 2 aromatic rings. The first-order valence-corrected chi connectivity index (χ1v) is 10.2. The summed E-state index contributed by atoms with van der Waals surface area (Å²) in [7, 11) is 0. The lowest BCUT2D eigenvalue weighted by Gasteiger charge is -2.45. The van der Waals surface area contributed by atoms with Crippen molar-refractivity contribution >= 4 is 40.7 Å². The molecule has 1 N–H and O–H groups in total. The van der Waals surface area contributed by atoms with Crippen molar-refractivity contribution in [2.45, 2.75) is 43.3 Å². The van der Waals surface area contributed by atoms with Crippen LogP contribution in [-0.2, 0) is 4.79 Å². The fourth-order valence-corrected chi connectivity index (χ4v) is 5.13. The van der Waals surface area contributed by atoms with Crippen LogP contribution in [-0.4, -0.2) is 16.9 Å². The summed E-state index contributed by atoms with van der Waals surface area (Å²) in [6.07, 6.45) is 2.21. The molecule has 0 aromatic heterocycles. The number of carbonyl (C=O) groups excluding carboxylic acids is 2. The third-order valence-electron chi connectivity index (χ3n) is 5.32. The SMILES string of the molecule is CCC1(C(C)=O)CC(Sc2cc(C(=O)Nc3ccc(F)c(Cl)c3)ccc2F)C1. The summed E-state index contributed by atoms with van der Waals surface area (Å²) in [5.41, 5.74) is 0.352. The molecule has 0 atom stereocenters. The van der Waals surface area contributed by atoms with Crippen molar-refractivity contribution in [2.75, 3.05) is 5.32 Å². The molecule has 3 rings (SSSR count). The van der Waals surface area contributed by atoms with Gasteiger partial charge >= 0.3 is 0 Å². The van der Waals surface area contributed by atoms with Crippen LogP contribution in [0, 0.1) is 17.0 Å². The van der Waals surface area contributed by atoms with Crippen LogP contribution in [0.2, 0.25) is 5.02 Å². The number of hydrogen-bond acceptors (Lipinski definition) is 3. The van der Waals surface area contributed by atoms with E-state index >= 15 is 0 Å². The van der Waals surface area contributed by atoms with Gasteiger partial charge in [-0.25, -0.2) is 8.78 Å². The zero-order valence-corrected chi connectivity index (χ0v) is 17.1. The van der Waals surface area contributed by atoms with Gasteiger partial charge in [-0.1, -0.05) is 18.5 Å². The predicted octanol–water partition coefficient (Wildman–Crippen LogP) is 6.11. The summed E-state index contributed by atoms with van der Waals surface area (Å²) in [6, 6.07) is 8.03. The molecular weight excluding hydrogens is 404 g/mol. The van der Waals surface area contributed by atoms with E-state index in [4.69, 9.17) is 11.6 Å². The molecule has 148 valence electrons. The van der Waals surface area contributed by atoms with Crippen LogP contribution >= 0.6 is 23.4 Å². The van der Waals surface area contributed by atoms with E-state index in [1.807, 2.05) is 6.92 Å². The predicted molar refractivity (Wildman–Crippen MR) is 108 cm³/mol. The minimum Gasteiger partial charge on any atom is -0.322 e. The molecule has 28 heavy (non-hydrogen) atoms. The Morgan fingerprint density at radius 3 is 2.46 bits per heavy atom. The van der Waals surface area contributed by atoms with Crippen LogP contribution in [0.3, 0.4) is 0 Å². The zero-order valence-electron chi connectivity index (χ0n) is 15.5. The van der Waals surface area contributed by atoms with Crippen molar-refractivity contribution in [2.24, 2.45) is 5.41 Å². The van der Waals surface area contributed by atoms with Gasteiger partial charge in [0.2, 0.25) is 0 Å². The number of nitrogens with one attached hydrogen (secondary N) is 1. The van der Waals surface area contributed by atoms with Crippen LogP contribution in [0.1, 0.15) is 43.5 Å². The molecule has 0 saturated heterocycles. The van der Waals surface area contributed by atoms with E-state index in [-0.39, 0.29) is 27.0 Å². The van der Waals surface area contributed by atoms with E-state index in [0.717, 1.165) is 12.5 Å².